The number of hydrogen-bond acceptors (Lipinski definition) is 4. The molecule has 2 aromatic rings. The Bertz CT molecular complexity index is 1080. The van der Waals surface area contributed by atoms with E-state index in [0.717, 1.165) is 56.4 Å². The van der Waals surface area contributed by atoms with Crippen molar-refractivity contribution in [3.8, 4) is 0 Å². The first kappa shape index (κ1) is 22.1. The summed E-state index contributed by atoms with van der Waals surface area (Å²) in [7, 11) is -3.63. The number of rotatable bonds is 5. The van der Waals surface area contributed by atoms with Crippen LogP contribution >= 0.6 is 11.6 Å². The van der Waals surface area contributed by atoms with Crippen LogP contribution < -0.4 is 10.2 Å². The third-order valence-electron chi connectivity index (χ3n) is 6.13. The molecule has 1 amide bonds. The average molecular weight is 462 g/mol. The van der Waals surface area contributed by atoms with Gasteiger partial charge < -0.3 is 10.2 Å². The minimum absolute atomic E-state index is 0.172. The van der Waals surface area contributed by atoms with Gasteiger partial charge in [-0.2, -0.15) is 4.31 Å². The molecule has 0 bridgehead atoms. The summed E-state index contributed by atoms with van der Waals surface area (Å²) in [4.78, 5) is 15.6. The molecule has 2 aliphatic rings. The maximum absolute atomic E-state index is 13.3. The largest absolute Gasteiger partial charge is 0.371 e. The van der Waals surface area contributed by atoms with E-state index in [0.29, 0.717) is 29.4 Å². The Balaban J connectivity index is 1.71. The summed E-state index contributed by atoms with van der Waals surface area (Å²) in [6.45, 7) is 4.61. The Morgan fingerprint density at radius 3 is 2.35 bits per heavy atom. The standard InChI is InChI=1S/C23H28ClN3O3S/c1-17-20(24)8-7-9-21(17)25-23(28)19-16-18(10-11-22(19)26-12-5-6-13-26)31(29,30)27-14-3-2-4-15-27/h7-11,16H,2-6,12-15H2,1H3,(H,25,28). The van der Waals surface area contributed by atoms with E-state index in [-0.39, 0.29) is 10.8 Å². The first-order valence-electron chi connectivity index (χ1n) is 10.8. The van der Waals surface area contributed by atoms with Crippen LogP contribution in [0.25, 0.3) is 0 Å². The van der Waals surface area contributed by atoms with Crippen molar-refractivity contribution in [2.24, 2.45) is 0 Å². The maximum atomic E-state index is 13.3. The molecule has 31 heavy (non-hydrogen) atoms. The maximum Gasteiger partial charge on any atom is 0.257 e. The molecule has 1 N–H and O–H groups in total. The van der Waals surface area contributed by atoms with E-state index >= 15 is 0 Å². The van der Waals surface area contributed by atoms with Crippen LogP contribution in [0, 0.1) is 6.92 Å². The number of carbonyl (C=O) groups excluding carboxylic acids is 1. The molecular formula is C23H28ClN3O3S. The topological polar surface area (TPSA) is 69.7 Å². The normalized spacial score (nSPS) is 17.7. The molecule has 4 rings (SSSR count). The Hall–Kier alpha value is -2.09. The zero-order chi connectivity index (χ0) is 22.0. The van der Waals surface area contributed by atoms with Gasteiger partial charge in [0.2, 0.25) is 10.0 Å². The van der Waals surface area contributed by atoms with E-state index < -0.39 is 10.0 Å². The summed E-state index contributed by atoms with van der Waals surface area (Å²) in [5, 5.41) is 3.50. The number of piperidine rings is 1. The van der Waals surface area contributed by atoms with E-state index in [1.165, 1.54) is 10.4 Å². The van der Waals surface area contributed by atoms with Gasteiger partial charge in [0.05, 0.1) is 10.5 Å². The molecule has 2 fully saturated rings. The molecule has 0 spiro atoms. The first-order valence-corrected chi connectivity index (χ1v) is 12.7. The molecule has 8 heteroatoms. The summed E-state index contributed by atoms with van der Waals surface area (Å²) in [5.41, 5.74) is 2.54. The number of hydrogen-bond donors (Lipinski definition) is 1. The SMILES string of the molecule is Cc1c(Cl)cccc1NC(=O)c1cc(S(=O)(=O)N2CCCCC2)ccc1N1CCCC1. The van der Waals surface area contributed by atoms with E-state index in [9.17, 15) is 13.2 Å². The highest BCUT2D eigenvalue weighted by atomic mass is 35.5. The number of nitrogens with zero attached hydrogens (tertiary/aromatic N) is 2. The molecule has 0 unspecified atom stereocenters. The third-order valence-corrected chi connectivity index (χ3v) is 8.43. The summed E-state index contributed by atoms with van der Waals surface area (Å²) in [6, 6.07) is 10.3. The summed E-state index contributed by atoms with van der Waals surface area (Å²) in [6.07, 6.45) is 4.90. The minimum atomic E-state index is -3.63. The van der Waals surface area contributed by atoms with Crippen molar-refractivity contribution >= 4 is 38.9 Å². The van der Waals surface area contributed by atoms with Crippen molar-refractivity contribution in [3.05, 3.63) is 52.5 Å². The van der Waals surface area contributed by atoms with Crippen LogP contribution in [0.5, 0.6) is 0 Å². The third kappa shape index (κ3) is 4.59. The van der Waals surface area contributed by atoms with E-state index in [1.54, 1.807) is 30.3 Å². The molecule has 166 valence electrons. The van der Waals surface area contributed by atoms with Crippen LogP contribution in [0.4, 0.5) is 11.4 Å². The predicted octanol–water partition coefficient (Wildman–Crippen LogP) is 4.68. The monoisotopic (exact) mass is 461 g/mol. The van der Waals surface area contributed by atoms with Gasteiger partial charge in [0.1, 0.15) is 0 Å². The van der Waals surface area contributed by atoms with Crippen LogP contribution in [0.15, 0.2) is 41.3 Å². The quantitative estimate of drug-likeness (QED) is 0.702. The Kier molecular flexibility index (Phi) is 6.55. The molecule has 2 heterocycles. The Labute approximate surface area is 189 Å². The number of amides is 1. The molecule has 0 aliphatic carbocycles. The van der Waals surface area contributed by atoms with Gasteiger partial charge >= 0.3 is 0 Å². The van der Waals surface area contributed by atoms with Gasteiger partial charge in [0.25, 0.3) is 5.91 Å². The van der Waals surface area contributed by atoms with Gasteiger partial charge in [-0.1, -0.05) is 24.1 Å². The number of carbonyl (C=O) groups is 1. The molecular weight excluding hydrogens is 434 g/mol. The van der Waals surface area contributed by atoms with Crippen LogP contribution in [0.3, 0.4) is 0 Å². The minimum Gasteiger partial charge on any atom is -0.371 e. The Morgan fingerprint density at radius 1 is 0.968 bits per heavy atom. The highest BCUT2D eigenvalue weighted by Crippen LogP contribution is 2.31. The molecule has 2 aliphatic heterocycles. The molecule has 6 nitrogen and oxygen atoms in total. The molecule has 0 aromatic heterocycles. The zero-order valence-corrected chi connectivity index (χ0v) is 19.3. The number of anilines is 2. The van der Waals surface area contributed by atoms with Crippen LogP contribution in [-0.2, 0) is 10.0 Å². The highest BCUT2D eigenvalue weighted by Gasteiger charge is 2.29. The molecule has 0 atom stereocenters. The van der Waals surface area contributed by atoms with Crippen LogP contribution in [-0.4, -0.2) is 44.8 Å². The summed E-state index contributed by atoms with van der Waals surface area (Å²) >= 11 is 6.20. The summed E-state index contributed by atoms with van der Waals surface area (Å²) < 4.78 is 28.0. The summed E-state index contributed by atoms with van der Waals surface area (Å²) in [5.74, 6) is -0.331. The smallest absolute Gasteiger partial charge is 0.257 e. The van der Waals surface area contributed by atoms with Crippen molar-refractivity contribution in [3.63, 3.8) is 0 Å². The predicted molar refractivity (Wildman–Crippen MR) is 125 cm³/mol. The lowest BCUT2D eigenvalue weighted by molar-refractivity contribution is 0.102. The lowest BCUT2D eigenvalue weighted by Crippen LogP contribution is -2.35. The second-order valence-corrected chi connectivity index (χ2v) is 10.5. The molecule has 2 aromatic carbocycles. The highest BCUT2D eigenvalue weighted by molar-refractivity contribution is 7.89. The van der Waals surface area contributed by atoms with E-state index in [2.05, 4.69) is 10.2 Å². The van der Waals surface area contributed by atoms with Gasteiger partial charge in [0.15, 0.2) is 0 Å². The average Bonchev–Trinajstić information content (AvgIpc) is 3.32. The number of sulfonamides is 1. The van der Waals surface area contributed by atoms with Crippen molar-refractivity contribution in [2.75, 3.05) is 36.4 Å². The van der Waals surface area contributed by atoms with Crippen molar-refractivity contribution in [1.82, 2.24) is 4.31 Å². The fourth-order valence-electron chi connectivity index (χ4n) is 4.28. The van der Waals surface area contributed by atoms with Crippen LogP contribution in [0.1, 0.15) is 48.0 Å². The van der Waals surface area contributed by atoms with Crippen LogP contribution in [0.2, 0.25) is 5.02 Å². The first-order chi connectivity index (χ1) is 14.9. The molecule has 0 radical (unpaired) electrons. The van der Waals surface area contributed by atoms with Gasteiger partial charge in [-0.3, -0.25) is 4.79 Å². The number of halogens is 1. The van der Waals surface area contributed by atoms with E-state index in [4.69, 9.17) is 11.6 Å². The van der Waals surface area contributed by atoms with Crippen molar-refractivity contribution in [2.45, 2.75) is 43.9 Å². The van der Waals surface area contributed by atoms with Gasteiger partial charge in [-0.25, -0.2) is 8.42 Å². The second-order valence-electron chi connectivity index (χ2n) is 8.20. The van der Waals surface area contributed by atoms with Gasteiger partial charge in [0, 0.05) is 42.6 Å². The van der Waals surface area contributed by atoms with Gasteiger partial charge in [-0.15, -0.1) is 0 Å². The fraction of sp³-hybridized carbons (Fsp3) is 0.435. The van der Waals surface area contributed by atoms with Gasteiger partial charge in [-0.05, 0) is 68.5 Å². The second kappa shape index (κ2) is 9.18. The lowest BCUT2D eigenvalue weighted by atomic mass is 10.1. The Morgan fingerprint density at radius 2 is 1.65 bits per heavy atom. The van der Waals surface area contributed by atoms with E-state index in [1.807, 2.05) is 6.92 Å². The molecule has 0 saturated carbocycles. The zero-order valence-electron chi connectivity index (χ0n) is 17.7. The number of nitrogens with one attached hydrogen (secondary N) is 1. The molecule has 2 saturated heterocycles. The van der Waals surface area contributed by atoms with Crippen molar-refractivity contribution in [1.29, 1.82) is 0 Å². The number of benzene rings is 2. The fourth-order valence-corrected chi connectivity index (χ4v) is 6.00. The van der Waals surface area contributed by atoms with Crippen molar-refractivity contribution < 1.29 is 13.2 Å². The lowest BCUT2D eigenvalue weighted by Gasteiger charge is -2.27.